The van der Waals surface area contributed by atoms with E-state index in [9.17, 15) is 4.39 Å². The minimum absolute atomic E-state index is 0.0669. The van der Waals surface area contributed by atoms with Crippen molar-refractivity contribution in [2.75, 3.05) is 20.6 Å². The summed E-state index contributed by atoms with van der Waals surface area (Å²) in [5.41, 5.74) is 0.782. The van der Waals surface area contributed by atoms with Crippen LogP contribution in [0.25, 0.3) is 0 Å². The molecule has 1 saturated carbocycles. The summed E-state index contributed by atoms with van der Waals surface area (Å²) in [7, 11) is 4.15. The molecule has 1 N–H and O–H groups in total. The van der Waals surface area contributed by atoms with Crippen molar-refractivity contribution in [2.24, 2.45) is 5.92 Å². The van der Waals surface area contributed by atoms with Gasteiger partial charge in [0.05, 0.1) is 0 Å². The van der Waals surface area contributed by atoms with Crippen molar-refractivity contribution >= 4 is 0 Å². The van der Waals surface area contributed by atoms with Gasteiger partial charge in [-0.05, 0) is 38.9 Å². The molecule has 0 radical (unpaired) electrons. The Balaban J connectivity index is 1.99. The van der Waals surface area contributed by atoms with Crippen LogP contribution in [0, 0.1) is 11.7 Å². The largest absolute Gasteiger partial charge is 0.313 e. The van der Waals surface area contributed by atoms with E-state index in [1.54, 1.807) is 12.1 Å². The molecule has 0 heterocycles. The van der Waals surface area contributed by atoms with E-state index in [1.165, 1.54) is 32.1 Å². The van der Waals surface area contributed by atoms with E-state index in [0.29, 0.717) is 12.0 Å². The fourth-order valence-corrected chi connectivity index (χ4v) is 3.70. The number of nitrogens with one attached hydrogen (secondary N) is 1. The summed E-state index contributed by atoms with van der Waals surface area (Å²) in [4.78, 5) is 2.48. The van der Waals surface area contributed by atoms with E-state index >= 15 is 0 Å². The van der Waals surface area contributed by atoms with Crippen LogP contribution in [0.4, 0.5) is 4.39 Å². The Morgan fingerprint density at radius 1 is 1.24 bits per heavy atom. The van der Waals surface area contributed by atoms with Crippen LogP contribution in [-0.2, 0) is 0 Å². The van der Waals surface area contributed by atoms with Gasteiger partial charge < -0.3 is 10.2 Å². The molecule has 2 unspecified atom stereocenters. The molecule has 0 spiro atoms. The summed E-state index contributed by atoms with van der Waals surface area (Å²) in [6.45, 7) is 3.22. The maximum Gasteiger partial charge on any atom is 0.127 e. The van der Waals surface area contributed by atoms with Crippen molar-refractivity contribution < 1.29 is 4.39 Å². The standard InChI is InChI=1S/C18H29FN2/c1-14(13-21(3)15-9-5-4-6-10-15)18(20-2)16-11-7-8-12-17(16)19/h7-8,11-12,14-15,18,20H,4-6,9-10,13H2,1-3H3. The molecule has 2 nitrogen and oxygen atoms in total. The molecule has 1 aliphatic carbocycles. The minimum Gasteiger partial charge on any atom is -0.313 e. The second-order valence-electron chi connectivity index (χ2n) is 6.50. The van der Waals surface area contributed by atoms with Crippen molar-refractivity contribution in [3.05, 3.63) is 35.6 Å². The lowest BCUT2D eigenvalue weighted by Crippen LogP contribution is -2.39. The molecule has 2 rings (SSSR count). The van der Waals surface area contributed by atoms with Gasteiger partial charge in [0, 0.05) is 24.2 Å². The summed E-state index contributed by atoms with van der Waals surface area (Å²) in [5.74, 6) is 0.267. The first-order valence-corrected chi connectivity index (χ1v) is 8.25. The molecule has 0 amide bonds. The van der Waals surface area contributed by atoms with Gasteiger partial charge in [-0.15, -0.1) is 0 Å². The van der Waals surface area contributed by atoms with Crippen LogP contribution in [0.2, 0.25) is 0 Å². The monoisotopic (exact) mass is 292 g/mol. The maximum absolute atomic E-state index is 14.0. The summed E-state index contributed by atoms with van der Waals surface area (Å²) in [6, 6.07) is 7.90. The van der Waals surface area contributed by atoms with Crippen LogP contribution in [0.15, 0.2) is 24.3 Å². The molecule has 21 heavy (non-hydrogen) atoms. The zero-order valence-electron chi connectivity index (χ0n) is 13.6. The highest BCUT2D eigenvalue weighted by molar-refractivity contribution is 5.21. The van der Waals surface area contributed by atoms with Crippen LogP contribution in [-0.4, -0.2) is 31.6 Å². The second kappa shape index (κ2) is 7.90. The molecular formula is C18H29FN2. The third kappa shape index (κ3) is 4.27. The number of hydrogen-bond donors (Lipinski definition) is 1. The number of benzene rings is 1. The second-order valence-corrected chi connectivity index (χ2v) is 6.50. The van der Waals surface area contributed by atoms with Gasteiger partial charge in [0.1, 0.15) is 5.82 Å². The van der Waals surface area contributed by atoms with Gasteiger partial charge in [0.2, 0.25) is 0 Å². The molecule has 0 aliphatic heterocycles. The van der Waals surface area contributed by atoms with E-state index in [4.69, 9.17) is 0 Å². The highest BCUT2D eigenvalue weighted by Gasteiger charge is 2.25. The smallest absolute Gasteiger partial charge is 0.127 e. The minimum atomic E-state index is -0.107. The van der Waals surface area contributed by atoms with Gasteiger partial charge in [0.25, 0.3) is 0 Å². The molecule has 0 saturated heterocycles. The first-order valence-electron chi connectivity index (χ1n) is 8.25. The predicted molar refractivity (Wildman–Crippen MR) is 86.9 cm³/mol. The lowest BCUT2D eigenvalue weighted by molar-refractivity contribution is 0.157. The maximum atomic E-state index is 14.0. The van der Waals surface area contributed by atoms with Crippen molar-refractivity contribution in [3.63, 3.8) is 0 Å². The topological polar surface area (TPSA) is 15.3 Å². The summed E-state index contributed by atoms with van der Waals surface area (Å²) >= 11 is 0. The van der Waals surface area contributed by atoms with E-state index in [1.807, 2.05) is 19.2 Å². The third-order valence-corrected chi connectivity index (χ3v) is 4.89. The number of rotatable bonds is 6. The van der Waals surface area contributed by atoms with Gasteiger partial charge in [-0.3, -0.25) is 0 Å². The first-order chi connectivity index (χ1) is 10.1. The van der Waals surface area contributed by atoms with Crippen LogP contribution in [0.3, 0.4) is 0 Å². The Morgan fingerprint density at radius 2 is 1.90 bits per heavy atom. The fourth-order valence-electron chi connectivity index (χ4n) is 3.70. The zero-order chi connectivity index (χ0) is 15.2. The highest BCUT2D eigenvalue weighted by atomic mass is 19.1. The fraction of sp³-hybridized carbons (Fsp3) is 0.667. The average molecular weight is 292 g/mol. The van der Waals surface area contributed by atoms with Crippen LogP contribution >= 0.6 is 0 Å². The third-order valence-electron chi connectivity index (χ3n) is 4.89. The van der Waals surface area contributed by atoms with Gasteiger partial charge in [-0.2, -0.15) is 0 Å². The van der Waals surface area contributed by atoms with Gasteiger partial charge in [-0.1, -0.05) is 44.4 Å². The predicted octanol–water partition coefficient (Wildman–Crippen LogP) is 3.99. The summed E-state index contributed by atoms with van der Waals surface area (Å²) in [6.07, 6.45) is 6.72. The van der Waals surface area contributed by atoms with E-state index < -0.39 is 0 Å². The summed E-state index contributed by atoms with van der Waals surface area (Å²) < 4.78 is 14.0. The van der Waals surface area contributed by atoms with Gasteiger partial charge in [0.15, 0.2) is 0 Å². The first kappa shape index (κ1) is 16.4. The van der Waals surface area contributed by atoms with Gasteiger partial charge in [-0.25, -0.2) is 4.39 Å². The molecule has 1 fully saturated rings. The van der Waals surface area contributed by atoms with Crippen molar-refractivity contribution in [2.45, 2.75) is 51.1 Å². The number of hydrogen-bond acceptors (Lipinski definition) is 2. The molecule has 0 aromatic heterocycles. The Hall–Kier alpha value is -0.930. The lowest BCUT2D eigenvalue weighted by atomic mass is 9.91. The quantitative estimate of drug-likeness (QED) is 0.853. The summed E-state index contributed by atoms with van der Waals surface area (Å²) in [5, 5.41) is 3.30. The van der Waals surface area contributed by atoms with Crippen molar-refractivity contribution in [1.29, 1.82) is 0 Å². The molecule has 1 aromatic carbocycles. The number of nitrogens with zero attached hydrogens (tertiary/aromatic N) is 1. The molecule has 1 aliphatic rings. The molecule has 2 atom stereocenters. The molecule has 118 valence electrons. The SMILES string of the molecule is CNC(c1ccccc1F)C(C)CN(C)C1CCCCC1. The molecule has 0 bridgehead atoms. The molecule has 1 aromatic rings. The Morgan fingerprint density at radius 3 is 2.52 bits per heavy atom. The number of halogens is 1. The van der Waals surface area contributed by atoms with E-state index in [0.717, 1.165) is 12.1 Å². The van der Waals surface area contributed by atoms with E-state index in [2.05, 4.69) is 24.2 Å². The van der Waals surface area contributed by atoms with Gasteiger partial charge >= 0.3 is 0 Å². The molecular weight excluding hydrogens is 263 g/mol. The Bertz CT molecular complexity index is 429. The van der Waals surface area contributed by atoms with Crippen LogP contribution < -0.4 is 5.32 Å². The Kier molecular flexibility index (Phi) is 6.19. The lowest BCUT2D eigenvalue weighted by Gasteiger charge is -2.35. The average Bonchev–Trinajstić information content (AvgIpc) is 2.50. The van der Waals surface area contributed by atoms with Crippen LogP contribution in [0.5, 0.6) is 0 Å². The highest BCUT2D eigenvalue weighted by Crippen LogP contribution is 2.27. The van der Waals surface area contributed by atoms with Crippen molar-refractivity contribution in [3.8, 4) is 0 Å². The normalized spacial score (nSPS) is 19.7. The van der Waals surface area contributed by atoms with Crippen LogP contribution in [0.1, 0.15) is 50.6 Å². The Labute approximate surface area is 128 Å². The molecule has 3 heteroatoms. The van der Waals surface area contributed by atoms with E-state index in [-0.39, 0.29) is 11.9 Å². The zero-order valence-corrected chi connectivity index (χ0v) is 13.6. The van der Waals surface area contributed by atoms with Crippen molar-refractivity contribution in [1.82, 2.24) is 10.2 Å².